The van der Waals surface area contributed by atoms with Crippen molar-refractivity contribution in [2.24, 2.45) is 4.99 Å². The molecule has 0 saturated carbocycles. The van der Waals surface area contributed by atoms with E-state index < -0.39 is 32.1 Å². The standard InChI is InChI=1S/C32H22Cl2N6O6S2/c1-18-35-27-13-12-23(48(45,46)37-29-25(33)15-21(40(43)44)16-26(29)34)17-24(27)31(41)38(18)39-30(20-6-4-3-5-7-20)36-28(32(39)42)14-19-8-10-22(47-2)11-9-19/h3-17,37H,1-2H3. The molecule has 0 spiro atoms. The fourth-order valence-corrected chi connectivity index (χ4v) is 7.17. The summed E-state index contributed by atoms with van der Waals surface area (Å²) < 4.78 is 30.2. The molecule has 0 unspecified atom stereocenters. The molecule has 0 bridgehead atoms. The van der Waals surface area contributed by atoms with Crippen LogP contribution in [-0.2, 0) is 14.8 Å². The van der Waals surface area contributed by atoms with Crippen LogP contribution in [0.2, 0.25) is 10.0 Å². The van der Waals surface area contributed by atoms with Crippen LogP contribution in [0, 0.1) is 17.0 Å². The summed E-state index contributed by atoms with van der Waals surface area (Å²) >= 11 is 13.8. The predicted octanol–water partition coefficient (Wildman–Crippen LogP) is 6.41. The van der Waals surface area contributed by atoms with Crippen LogP contribution < -0.4 is 15.3 Å². The highest BCUT2D eigenvalue weighted by atomic mass is 35.5. The number of nitro groups is 1. The summed E-state index contributed by atoms with van der Waals surface area (Å²) in [6.07, 6.45) is 3.58. The number of benzene rings is 4. The zero-order chi connectivity index (χ0) is 34.3. The van der Waals surface area contributed by atoms with Crippen LogP contribution in [0.5, 0.6) is 0 Å². The number of carbonyl (C=O) groups is 1. The van der Waals surface area contributed by atoms with E-state index in [4.69, 9.17) is 23.2 Å². The Balaban J connectivity index is 1.45. The zero-order valence-corrected chi connectivity index (χ0v) is 28.1. The Morgan fingerprint density at radius 1 is 0.958 bits per heavy atom. The molecule has 1 amide bonds. The molecule has 1 aliphatic rings. The third-order valence-electron chi connectivity index (χ3n) is 7.25. The molecule has 16 heteroatoms. The number of aryl methyl sites for hydroxylation is 1. The molecule has 1 aromatic heterocycles. The molecule has 5 aromatic rings. The molecule has 1 N–H and O–H groups in total. The molecule has 6 rings (SSSR count). The van der Waals surface area contributed by atoms with E-state index in [0.29, 0.717) is 5.56 Å². The van der Waals surface area contributed by atoms with Crippen molar-refractivity contribution in [3.05, 3.63) is 138 Å². The second-order valence-corrected chi connectivity index (χ2v) is 13.7. The topological polar surface area (TPSA) is 157 Å². The number of halogens is 2. The lowest BCUT2D eigenvalue weighted by atomic mass is 10.2. The van der Waals surface area contributed by atoms with Crippen LogP contribution in [0.3, 0.4) is 0 Å². The molecule has 48 heavy (non-hydrogen) atoms. The normalized spacial score (nSPS) is 14.1. The number of sulfonamides is 1. The molecule has 1 aliphatic heterocycles. The molecule has 0 fully saturated rings. The SMILES string of the molecule is CSc1ccc(C=C2N=C(c3ccccc3)N(n3c(C)nc4ccc(S(=O)(=O)Nc5c(Cl)cc([N+](=O)[O-])cc5Cl)cc4c3=O)C2=O)cc1. The largest absolute Gasteiger partial charge is 0.297 e. The van der Waals surface area contributed by atoms with Crippen LogP contribution in [0.1, 0.15) is 17.0 Å². The van der Waals surface area contributed by atoms with Crippen molar-refractivity contribution < 1.29 is 18.1 Å². The molecule has 4 aromatic carbocycles. The van der Waals surface area contributed by atoms with Crippen molar-refractivity contribution >= 4 is 85.1 Å². The summed E-state index contributed by atoms with van der Waals surface area (Å²) in [5.74, 6) is -0.276. The van der Waals surface area contributed by atoms with Gasteiger partial charge in [0.05, 0.1) is 36.5 Å². The predicted molar refractivity (Wildman–Crippen MR) is 187 cm³/mol. The number of nitrogens with one attached hydrogen (secondary N) is 1. The number of aliphatic imine (C=N–C) groups is 1. The lowest BCUT2D eigenvalue weighted by Gasteiger charge is -2.22. The maximum atomic E-state index is 14.2. The van der Waals surface area contributed by atoms with Gasteiger partial charge in [0.15, 0.2) is 5.84 Å². The van der Waals surface area contributed by atoms with E-state index in [1.807, 2.05) is 30.5 Å². The molecule has 0 saturated heterocycles. The second kappa shape index (κ2) is 12.9. The van der Waals surface area contributed by atoms with Crippen molar-refractivity contribution in [2.45, 2.75) is 16.7 Å². The Labute approximate surface area is 287 Å². The summed E-state index contributed by atoms with van der Waals surface area (Å²) in [7, 11) is -4.43. The van der Waals surface area contributed by atoms with Gasteiger partial charge in [-0.05, 0) is 55.2 Å². The summed E-state index contributed by atoms with van der Waals surface area (Å²) in [5, 5.41) is 11.5. The Morgan fingerprint density at radius 2 is 1.62 bits per heavy atom. The molecule has 0 radical (unpaired) electrons. The number of fused-ring (bicyclic) bond motifs is 1. The van der Waals surface area contributed by atoms with Crippen molar-refractivity contribution in [1.29, 1.82) is 0 Å². The number of thioether (sulfide) groups is 1. The number of nitro benzene ring substituents is 1. The van der Waals surface area contributed by atoms with Gasteiger partial charge in [-0.1, -0.05) is 65.7 Å². The quantitative estimate of drug-likeness (QED) is 0.0834. The molecular formula is C32H22Cl2N6O6S2. The van der Waals surface area contributed by atoms with Gasteiger partial charge in [-0.2, -0.15) is 9.69 Å². The summed E-state index contributed by atoms with van der Waals surface area (Å²) in [5.41, 5.74) is 0.0899. The number of nitrogens with zero attached hydrogens (tertiary/aromatic N) is 5. The minimum atomic E-state index is -4.43. The van der Waals surface area contributed by atoms with Crippen molar-refractivity contribution in [1.82, 2.24) is 9.66 Å². The average Bonchev–Trinajstić information content (AvgIpc) is 3.38. The van der Waals surface area contributed by atoms with E-state index in [-0.39, 0.29) is 48.9 Å². The first-order chi connectivity index (χ1) is 22.9. The van der Waals surface area contributed by atoms with Gasteiger partial charge in [0.2, 0.25) is 0 Å². The average molecular weight is 722 g/mol. The first-order valence-electron chi connectivity index (χ1n) is 13.9. The van der Waals surface area contributed by atoms with Gasteiger partial charge in [-0.3, -0.25) is 24.4 Å². The monoisotopic (exact) mass is 720 g/mol. The fourth-order valence-electron chi connectivity index (χ4n) is 4.95. The lowest BCUT2D eigenvalue weighted by Crippen LogP contribution is -2.49. The minimum absolute atomic E-state index is 0.0783. The van der Waals surface area contributed by atoms with E-state index in [1.54, 1.807) is 55.1 Å². The fraction of sp³-hybridized carbons (Fsp3) is 0.0625. The van der Waals surface area contributed by atoms with E-state index in [1.165, 1.54) is 12.1 Å². The van der Waals surface area contributed by atoms with Gasteiger partial charge in [0, 0.05) is 22.6 Å². The number of non-ortho nitro benzene ring substituents is 1. The third kappa shape index (κ3) is 6.18. The Kier molecular flexibility index (Phi) is 8.83. The molecule has 0 aliphatic carbocycles. The summed E-state index contributed by atoms with van der Waals surface area (Å²) in [6.45, 7) is 1.55. The first kappa shape index (κ1) is 32.9. The lowest BCUT2D eigenvalue weighted by molar-refractivity contribution is -0.384. The van der Waals surface area contributed by atoms with Crippen molar-refractivity contribution in [3.63, 3.8) is 0 Å². The van der Waals surface area contributed by atoms with Crippen LogP contribution >= 0.6 is 35.0 Å². The molecule has 0 atom stereocenters. The highest BCUT2D eigenvalue weighted by Gasteiger charge is 2.35. The molecule has 242 valence electrons. The van der Waals surface area contributed by atoms with Gasteiger partial charge in [-0.15, -0.1) is 11.8 Å². The Morgan fingerprint density at radius 3 is 2.25 bits per heavy atom. The van der Waals surface area contributed by atoms with Crippen LogP contribution in [0.15, 0.2) is 110 Å². The van der Waals surface area contributed by atoms with E-state index in [0.717, 1.165) is 38.3 Å². The highest BCUT2D eigenvalue weighted by molar-refractivity contribution is 7.98. The number of hydrogen-bond donors (Lipinski definition) is 1. The Hall–Kier alpha value is -5.02. The van der Waals surface area contributed by atoms with E-state index >= 15 is 0 Å². The minimum Gasteiger partial charge on any atom is -0.277 e. The molecule has 12 nitrogen and oxygen atoms in total. The molecular weight excluding hydrogens is 699 g/mol. The van der Waals surface area contributed by atoms with E-state index in [9.17, 15) is 28.1 Å². The zero-order valence-electron chi connectivity index (χ0n) is 24.9. The van der Waals surface area contributed by atoms with Gasteiger partial charge in [0.25, 0.3) is 27.2 Å². The molecule has 2 heterocycles. The van der Waals surface area contributed by atoms with Gasteiger partial charge >= 0.3 is 0 Å². The number of aromatic nitrogens is 2. The van der Waals surface area contributed by atoms with Crippen molar-refractivity contribution in [3.8, 4) is 0 Å². The van der Waals surface area contributed by atoms with Crippen LogP contribution in [-0.4, -0.2) is 41.0 Å². The second-order valence-electron chi connectivity index (χ2n) is 10.3. The van der Waals surface area contributed by atoms with Crippen molar-refractivity contribution in [2.75, 3.05) is 16.0 Å². The van der Waals surface area contributed by atoms with Crippen LogP contribution in [0.25, 0.3) is 17.0 Å². The highest BCUT2D eigenvalue weighted by Crippen LogP contribution is 2.36. The number of amidine groups is 1. The van der Waals surface area contributed by atoms with Gasteiger partial charge in [0.1, 0.15) is 11.5 Å². The van der Waals surface area contributed by atoms with Gasteiger partial charge < -0.3 is 0 Å². The third-order valence-corrected chi connectivity index (χ3v) is 9.94. The van der Waals surface area contributed by atoms with Gasteiger partial charge in [-0.25, -0.2) is 18.4 Å². The number of hydrogen-bond acceptors (Lipinski definition) is 9. The Bertz CT molecular complexity index is 2360. The number of amides is 1. The van der Waals surface area contributed by atoms with E-state index in [2.05, 4.69) is 14.7 Å². The maximum Gasteiger partial charge on any atom is 0.297 e. The maximum absolute atomic E-state index is 14.2. The first-order valence-corrected chi connectivity index (χ1v) is 17.4. The summed E-state index contributed by atoms with van der Waals surface area (Å²) in [4.78, 5) is 48.4. The van der Waals surface area contributed by atoms with Crippen LogP contribution in [0.4, 0.5) is 11.4 Å². The number of anilines is 1. The summed E-state index contributed by atoms with van der Waals surface area (Å²) in [6, 6.07) is 22.0. The smallest absolute Gasteiger partial charge is 0.277 e. The number of rotatable bonds is 8. The number of carbonyl (C=O) groups excluding carboxylic acids is 1.